The first-order valence-corrected chi connectivity index (χ1v) is 10.1. The van der Waals surface area contributed by atoms with E-state index in [-0.39, 0.29) is 30.6 Å². The first-order valence-electron chi connectivity index (χ1n) is 10.1. The van der Waals surface area contributed by atoms with E-state index in [2.05, 4.69) is 10.4 Å². The molecular weight excluding hydrogens is 380 g/mol. The second kappa shape index (κ2) is 8.10. The molecule has 1 fully saturated rings. The number of hydrogen-bond acceptors (Lipinski definition) is 4. The van der Waals surface area contributed by atoms with Crippen LogP contribution in [0.3, 0.4) is 0 Å². The SMILES string of the molecule is Cc1ccc(C)c(N2N=C(C(=O)Nc3cccc(N4CCCC4=O)c3)CCC2=O)c1. The Balaban J connectivity index is 1.55. The number of benzene rings is 2. The molecule has 2 aliphatic rings. The molecule has 7 heteroatoms. The van der Waals surface area contributed by atoms with Gasteiger partial charge in [-0.15, -0.1) is 0 Å². The summed E-state index contributed by atoms with van der Waals surface area (Å²) in [6, 6.07) is 13.0. The normalized spacial score (nSPS) is 16.7. The van der Waals surface area contributed by atoms with Gasteiger partial charge in [-0.3, -0.25) is 14.4 Å². The fraction of sp³-hybridized carbons (Fsp3) is 0.304. The maximum Gasteiger partial charge on any atom is 0.271 e. The quantitative estimate of drug-likeness (QED) is 0.846. The van der Waals surface area contributed by atoms with Crippen molar-refractivity contribution in [1.29, 1.82) is 0 Å². The summed E-state index contributed by atoms with van der Waals surface area (Å²) in [4.78, 5) is 39.0. The van der Waals surface area contributed by atoms with Gasteiger partial charge in [0, 0.05) is 37.2 Å². The Hall–Kier alpha value is -3.48. The van der Waals surface area contributed by atoms with E-state index in [4.69, 9.17) is 0 Å². The van der Waals surface area contributed by atoms with Crippen LogP contribution in [0.4, 0.5) is 17.1 Å². The van der Waals surface area contributed by atoms with Crippen molar-refractivity contribution in [2.45, 2.75) is 39.5 Å². The molecule has 30 heavy (non-hydrogen) atoms. The van der Waals surface area contributed by atoms with Gasteiger partial charge >= 0.3 is 0 Å². The summed E-state index contributed by atoms with van der Waals surface area (Å²) in [6.45, 7) is 4.56. The van der Waals surface area contributed by atoms with Crippen molar-refractivity contribution < 1.29 is 14.4 Å². The Kier molecular flexibility index (Phi) is 5.35. The van der Waals surface area contributed by atoms with E-state index in [9.17, 15) is 14.4 Å². The summed E-state index contributed by atoms with van der Waals surface area (Å²) in [5.74, 6) is -0.379. The highest BCUT2D eigenvalue weighted by Crippen LogP contribution is 2.27. The van der Waals surface area contributed by atoms with Crippen LogP contribution >= 0.6 is 0 Å². The number of anilines is 3. The molecule has 0 unspecified atom stereocenters. The second-order valence-corrected chi connectivity index (χ2v) is 7.70. The van der Waals surface area contributed by atoms with Gasteiger partial charge in [-0.05, 0) is 55.7 Å². The zero-order valence-electron chi connectivity index (χ0n) is 17.1. The minimum Gasteiger partial charge on any atom is -0.321 e. The van der Waals surface area contributed by atoms with Crippen molar-refractivity contribution in [3.05, 3.63) is 53.6 Å². The highest BCUT2D eigenvalue weighted by Gasteiger charge is 2.27. The van der Waals surface area contributed by atoms with Crippen LogP contribution in [-0.2, 0) is 14.4 Å². The Morgan fingerprint density at radius 1 is 1.00 bits per heavy atom. The van der Waals surface area contributed by atoms with Crippen LogP contribution in [0.1, 0.15) is 36.8 Å². The van der Waals surface area contributed by atoms with Gasteiger partial charge < -0.3 is 10.2 Å². The van der Waals surface area contributed by atoms with E-state index >= 15 is 0 Å². The van der Waals surface area contributed by atoms with E-state index in [1.165, 1.54) is 5.01 Å². The van der Waals surface area contributed by atoms with Crippen molar-refractivity contribution >= 4 is 40.5 Å². The van der Waals surface area contributed by atoms with Crippen LogP contribution in [0, 0.1) is 13.8 Å². The van der Waals surface area contributed by atoms with Gasteiger partial charge in [-0.25, -0.2) is 5.01 Å². The van der Waals surface area contributed by atoms with Gasteiger partial charge in [0.25, 0.3) is 5.91 Å². The minimum absolute atomic E-state index is 0.0952. The van der Waals surface area contributed by atoms with Crippen LogP contribution in [0.15, 0.2) is 47.6 Å². The minimum atomic E-state index is -0.345. The Morgan fingerprint density at radius 2 is 1.83 bits per heavy atom. The number of hydrazone groups is 1. The molecule has 0 aromatic heterocycles. The summed E-state index contributed by atoms with van der Waals surface area (Å²) >= 11 is 0. The largest absolute Gasteiger partial charge is 0.321 e. The van der Waals surface area contributed by atoms with E-state index in [0.29, 0.717) is 30.1 Å². The van der Waals surface area contributed by atoms with Crippen molar-refractivity contribution in [3.63, 3.8) is 0 Å². The van der Waals surface area contributed by atoms with Gasteiger partial charge in [-0.2, -0.15) is 5.10 Å². The number of aryl methyl sites for hydroxylation is 2. The Labute approximate surface area is 175 Å². The molecule has 1 saturated heterocycles. The lowest BCUT2D eigenvalue weighted by molar-refractivity contribution is -0.119. The van der Waals surface area contributed by atoms with Gasteiger partial charge in [0.1, 0.15) is 5.71 Å². The maximum atomic E-state index is 12.8. The smallest absolute Gasteiger partial charge is 0.271 e. The molecule has 0 radical (unpaired) electrons. The third-order valence-corrected chi connectivity index (χ3v) is 5.38. The number of amides is 3. The monoisotopic (exact) mass is 404 g/mol. The first-order chi connectivity index (χ1) is 14.4. The molecule has 0 spiro atoms. The molecule has 1 N–H and O–H groups in total. The standard InChI is InChI=1S/C23H24N4O3/c1-15-8-9-16(2)20(13-15)27-22(29)11-10-19(25-27)23(30)24-17-5-3-6-18(14-17)26-12-4-7-21(26)28/h3,5-6,8-9,13-14H,4,7,10-12H2,1-2H3,(H,24,30). The van der Waals surface area contributed by atoms with E-state index in [1.54, 1.807) is 17.0 Å². The highest BCUT2D eigenvalue weighted by atomic mass is 16.2. The topological polar surface area (TPSA) is 82.1 Å². The maximum absolute atomic E-state index is 12.8. The van der Waals surface area contributed by atoms with E-state index < -0.39 is 0 Å². The summed E-state index contributed by atoms with van der Waals surface area (Å²) in [6.07, 6.45) is 1.91. The third-order valence-electron chi connectivity index (χ3n) is 5.38. The summed E-state index contributed by atoms with van der Waals surface area (Å²) in [5, 5.41) is 8.56. The predicted molar refractivity (Wildman–Crippen MR) is 117 cm³/mol. The lowest BCUT2D eigenvalue weighted by Gasteiger charge is -2.25. The van der Waals surface area contributed by atoms with Crippen molar-refractivity contribution in [2.75, 3.05) is 21.8 Å². The van der Waals surface area contributed by atoms with Crippen molar-refractivity contribution in [2.24, 2.45) is 5.10 Å². The van der Waals surface area contributed by atoms with Crippen LogP contribution in [0.2, 0.25) is 0 Å². The van der Waals surface area contributed by atoms with Crippen LogP contribution in [-0.4, -0.2) is 30.0 Å². The second-order valence-electron chi connectivity index (χ2n) is 7.70. The molecule has 4 rings (SSSR count). The van der Waals surface area contributed by atoms with Crippen LogP contribution < -0.4 is 15.2 Å². The van der Waals surface area contributed by atoms with Crippen LogP contribution in [0.5, 0.6) is 0 Å². The van der Waals surface area contributed by atoms with Crippen LogP contribution in [0.25, 0.3) is 0 Å². The molecule has 154 valence electrons. The Morgan fingerprint density at radius 3 is 2.60 bits per heavy atom. The number of nitrogens with one attached hydrogen (secondary N) is 1. The molecule has 2 aliphatic heterocycles. The molecule has 0 aliphatic carbocycles. The highest BCUT2D eigenvalue weighted by molar-refractivity contribution is 6.44. The molecule has 7 nitrogen and oxygen atoms in total. The summed E-state index contributed by atoms with van der Waals surface area (Å²) < 4.78 is 0. The third kappa shape index (κ3) is 3.96. The fourth-order valence-electron chi connectivity index (χ4n) is 3.73. The predicted octanol–water partition coefficient (Wildman–Crippen LogP) is 3.55. The molecular formula is C23H24N4O3. The number of carbonyl (C=O) groups excluding carboxylic acids is 3. The number of hydrogen-bond donors (Lipinski definition) is 1. The number of nitrogens with zero attached hydrogens (tertiary/aromatic N) is 3. The molecule has 0 atom stereocenters. The lowest BCUT2D eigenvalue weighted by atomic mass is 10.1. The van der Waals surface area contributed by atoms with Gasteiger partial charge in [0.05, 0.1) is 5.69 Å². The van der Waals surface area contributed by atoms with Gasteiger partial charge in [-0.1, -0.05) is 18.2 Å². The summed E-state index contributed by atoms with van der Waals surface area (Å²) in [5.41, 5.74) is 4.30. The van der Waals surface area contributed by atoms with Crippen molar-refractivity contribution in [3.8, 4) is 0 Å². The molecule has 0 saturated carbocycles. The number of rotatable bonds is 4. The van der Waals surface area contributed by atoms with E-state index in [0.717, 1.165) is 23.2 Å². The number of carbonyl (C=O) groups is 3. The Bertz CT molecular complexity index is 1060. The van der Waals surface area contributed by atoms with E-state index in [1.807, 2.05) is 44.2 Å². The summed E-state index contributed by atoms with van der Waals surface area (Å²) in [7, 11) is 0. The zero-order chi connectivity index (χ0) is 21.3. The van der Waals surface area contributed by atoms with Gasteiger partial charge in [0.2, 0.25) is 11.8 Å². The molecule has 0 bridgehead atoms. The molecule has 2 aromatic rings. The fourth-order valence-corrected chi connectivity index (χ4v) is 3.73. The molecule has 2 heterocycles. The zero-order valence-corrected chi connectivity index (χ0v) is 17.1. The molecule has 3 amide bonds. The first kappa shape index (κ1) is 19.8. The molecule has 2 aromatic carbocycles. The lowest BCUT2D eigenvalue weighted by Crippen LogP contribution is -2.36. The average molecular weight is 404 g/mol. The van der Waals surface area contributed by atoms with Gasteiger partial charge in [0.15, 0.2) is 0 Å². The van der Waals surface area contributed by atoms with Crippen molar-refractivity contribution in [1.82, 2.24) is 0 Å². The average Bonchev–Trinajstić information content (AvgIpc) is 3.16.